The number of carbonyl (C=O) groups excluding carboxylic acids is 1. The fourth-order valence-electron chi connectivity index (χ4n) is 2.15. The van der Waals surface area contributed by atoms with Gasteiger partial charge in [-0.2, -0.15) is 0 Å². The molecule has 1 aromatic heterocycles. The Bertz CT molecular complexity index is 564. The van der Waals surface area contributed by atoms with E-state index in [9.17, 15) is 9.90 Å². The normalized spacial score (nSPS) is 13.7. The van der Waals surface area contributed by atoms with Crippen LogP contribution >= 0.6 is 0 Å². The summed E-state index contributed by atoms with van der Waals surface area (Å²) in [6.07, 6.45) is 3.53. The number of aromatic nitrogens is 3. The Morgan fingerprint density at radius 1 is 1.24 bits per heavy atom. The summed E-state index contributed by atoms with van der Waals surface area (Å²) in [6, 6.07) is 7.23. The highest BCUT2D eigenvalue weighted by atomic mass is 16.3. The molecule has 0 aliphatic rings. The van der Waals surface area contributed by atoms with Crippen LogP contribution < -0.4 is 5.32 Å². The SMILES string of the molecule is CC(O)CC(C)CNC(=O)c1ccc(-n2cnnc2)cc1. The number of aliphatic hydroxyl groups is 1. The van der Waals surface area contributed by atoms with Crippen LogP contribution in [0.1, 0.15) is 30.6 Å². The predicted molar refractivity (Wildman–Crippen MR) is 79.2 cm³/mol. The molecule has 0 aliphatic heterocycles. The van der Waals surface area contributed by atoms with E-state index in [1.165, 1.54) is 0 Å². The van der Waals surface area contributed by atoms with Crippen LogP contribution in [0.25, 0.3) is 5.69 Å². The second kappa shape index (κ2) is 6.99. The van der Waals surface area contributed by atoms with Crippen LogP contribution in [0.3, 0.4) is 0 Å². The van der Waals surface area contributed by atoms with E-state index in [-0.39, 0.29) is 17.9 Å². The number of nitrogens with one attached hydrogen (secondary N) is 1. The quantitative estimate of drug-likeness (QED) is 0.842. The maximum Gasteiger partial charge on any atom is 0.251 e. The van der Waals surface area contributed by atoms with Crippen molar-refractivity contribution < 1.29 is 9.90 Å². The third-order valence-corrected chi connectivity index (χ3v) is 3.20. The molecular formula is C15H20N4O2. The van der Waals surface area contributed by atoms with Crippen LogP contribution in [0, 0.1) is 5.92 Å². The zero-order valence-corrected chi connectivity index (χ0v) is 12.2. The molecule has 6 heteroatoms. The molecule has 0 bridgehead atoms. The molecule has 2 aromatic rings. The molecule has 0 fully saturated rings. The van der Waals surface area contributed by atoms with Crippen LogP contribution in [-0.2, 0) is 0 Å². The standard InChI is InChI=1S/C15H20N4O2/c1-11(7-12(2)20)8-16-15(21)13-3-5-14(6-4-13)19-9-17-18-10-19/h3-6,9-12,20H,7-8H2,1-2H3,(H,16,21). The summed E-state index contributed by atoms with van der Waals surface area (Å²) in [5, 5.41) is 19.7. The maximum absolute atomic E-state index is 12.0. The minimum Gasteiger partial charge on any atom is -0.393 e. The van der Waals surface area contributed by atoms with Crippen molar-refractivity contribution in [2.75, 3.05) is 6.54 Å². The Morgan fingerprint density at radius 3 is 2.43 bits per heavy atom. The Balaban J connectivity index is 1.91. The van der Waals surface area contributed by atoms with Crippen LogP contribution in [0.15, 0.2) is 36.9 Å². The lowest BCUT2D eigenvalue weighted by molar-refractivity contribution is 0.0939. The Kier molecular flexibility index (Phi) is 5.05. The first-order valence-corrected chi connectivity index (χ1v) is 6.97. The van der Waals surface area contributed by atoms with Gasteiger partial charge in [0.05, 0.1) is 6.10 Å². The van der Waals surface area contributed by atoms with Crippen molar-refractivity contribution in [1.29, 1.82) is 0 Å². The molecule has 1 heterocycles. The summed E-state index contributed by atoms with van der Waals surface area (Å²) in [5.41, 5.74) is 1.51. The lowest BCUT2D eigenvalue weighted by atomic mass is 10.0. The average Bonchev–Trinajstić information content (AvgIpc) is 2.98. The summed E-state index contributed by atoms with van der Waals surface area (Å²) >= 11 is 0. The third kappa shape index (κ3) is 4.39. The first-order valence-electron chi connectivity index (χ1n) is 6.97. The van der Waals surface area contributed by atoms with Gasteiger partial charge >= 0.3 is 0 Å². The first-order chi connectivity index (χ1) is 10.1. The molecule has 0 radical (unpaired) electrons. The lowest BCUT2D eigenvalue weighted by Gasteiger charge is -2.14. The molecule has 6 nitrogen and oxygen atoms in total. The van der Waals surface area contributed by atoms with E-state index < -0.39 is 0 Å². The molecule has 21 heavy (non-hydrogen) atoms. The van der Waals surface area contributed by atoms with Gasteiger partial charge in [0.15, 0.2) is 0 Å². The fourth-order valence-corrected chi connectivity index (χ4v) is 2.15. The second-order valence-electron chi connectivity index (χ2n) is 5.32. The van der Waals surface area contributed by atoms with Gasteiger partial charge in [-0.15, -0.1) is 10.2 Å². The van der Waals surface area contributed by atoms with Crippen molar-refractivity contribution in [3.63, 3.8) is 0 Å². The van der Waals surface area contributed by atoms with E-state index in [1.54, 1.807) is 36.3 Å². The largest absolute Gasteiger partial charge is 0.393 e. The monoisotopic (exact) mass is 288 g/mol. The first kappa shape index (κ1) is 15.2. The number of nitrogens with zero attached hydrogens (tertiary/aromatic N) is 3. The van der Waals surface area contributed by atoms with Gasteiger partial charge in [0.2, 0.25) is 0 Å². The van der Waals surface area contributed by atoms with Crippen LogP contribution in [0.2, 0.25) is 0 Å². The van der Waals surface area contributed by atoms with E-state index in [4.69, 9.17) is 0 Å². The van der Waals surface area contributed by atoms with Gasteiger partial charge in [0.1, 0.15) is 12.7 Å². The second-order valence-corrected chi connectivity index (χ2v) is 5.32. The Morgan fingerprint density at radius 2 is 1.86 bits per heavy atom. The van der Waals surface area contributed by atoms with Gasteiger partial charge in [0, 0.05) is 17.8 Å². The van der Waals surface area contributed by atoms with Crippen molar-refractivity contribution in [3.8, 4) is 5.69 Å². The smallest absolute Gasteiger partial charge is 0.251 e. The number of benzene rings is 1. The number of carbonyl (C=O) groups is 1. The number of aliphatic hydroxyl groups excluding tert-OH is 1. The topological polar surface area (TPSA) is 80.0 Å². The Hall–Kier alpha value is -2.21. The van der Waals surface area contributed by atoms with Crippen molar-refractivity contribution in [3.05, 3.63) is 42.5 Å². The van der Waals surface area contributed by atoms with Gasteiger partial charge in [-0.1, -0.05) is 6.92 Å². The molecule has 0 aliphatic carbocycles. The maximum atomic E-state index is 12.0. The number of rotatable bonds is 6. The van der Waals surface area contributed by atoms with E-state index in [0.717, 1.165) is 5.69 Å². The summed E-state index contributed by atoms with van der Waals surface area (Å²) in [5.74, 6) is 0.132. The average molecular weight is 288 g/mol. The summed E-state index contributed by atoms with van der Waals surface area (Å²) < 4.78 is 1.77. The number of amides is 1. The van der Waals surface area contributed by atoms with E-state index >= 15 is 0 Å². The highest BCUT2D eigenvalue weighted by Crippen LogP contribution is 2.09. The van der Waals surface area contributed by atoms with E-state index in [0.29, 0.717) is 18.5 Å². The van der Waals surface area contributed by atoms with Crippen molar-refractivity contribution in [2.24, 2.45) is 5.92 Å². The van der Waals surface area contributed by atoms with Gasteiger partial charge in [-0.3, -0.25) is 9.36 Å². The summed E-state index contributed by atoms with van der Waals surface area (Å²) in [4.78, 5) is 12.0. The molecule has 0 saturated carbocycles. The highest BCUT2D eigenvalue weighted by molar-refractivity contribution is 5.94. The lowest BCUT2D eigenvalue weighted by Crippen LogP contribution is -2.29. The molecule has 1 aromatic carbocycles. The van der Waals surface area contributed by atoms with Crippen molar-refractivity contribution in [2.45, 2.75) is 26.4 Å². The molecule has 2 N–H and O–H groups in total. The third-order valence-electron chi connectivity index (χ3n) is 3.20. The van der Waals surface area contributed by atoms with Crippen LogP contribution in [-0.4, -0.2) is 38.4 Å². The highest BCUT2D eigenvalue weighted by Gasteiger charge is 2.10. The van der Waals surface area contributed by atoms with Gasteiger partial charge in [-0.05, 0) is 43.5 Å². The van der Waals surface area contributed by atoms with Crippen LogP contribution in [0.4, 0.5) is 0 Å². The Labute approximate surface area is 123 Å². The minimum absolute atomic E-state index is 0.109. The fraction of sp³-hybridized carbons (Fsp3) is 0.400. The summed E-state index contributed by atoms with van der Waals surface area (Å²) in [7, 11) is 0. The van der Waals surface area contributed by atoms with E-state index in [2.05, 4.69) is 15.5 Å². The van der Waals surface area contributed by atoms with E-state index in [1.807, 2.05) is 19.1 Å². The molecule has 2 unspecified atom stereocenters. The molecule has 0 saturated heterocycles. The molecule has 1 amide bonds. The number of hydrogen-bond acceptors (Lipinski definition) is 4. The van der Waals surface area contributed by atoms with Crippen molar-refractivity contribution >= 4 is 5.91 Å². The molecule has 2 atom stereocenters. The zero-order chi connectivity index (χ0) is 15.2. The molecule has 0 spiro atoms. The molecule has 112 valence electrons. The van der Waals surface area contributed by atoms with Gasteiger partial charge < -0.3 is 10.4 Å². The minimum atomic E-state index is -0.347. The van der Waals surface area contributed by atoms with Gasteiger partial charge in [0.25, 0.3) is 5.91 Å². The molecule has 2 rings (SSSR count). The molecular weight excluding hydrogens is 268 g/mol. The van der Waals surface area contributed by atoms with Gasteiger partial charge in [-0.25, -0.2) is 0 Å². The number of hydrogen-bond donors (Lipinski definition) is 2. The predicted octanol–water partition coefficient (Wildman–Crippen LogP) is 1.40. The van der Waals surface area contributed by atoms with Crippen molar-refractivity contribution in [1.82, 2.24) is 20.1 Å². The zero-order valence-electron chi connectivity index (χ0n) is 12.2. The summed E-state index contributed by atoms with van der Waals surface area (Å²) in [6.45, 7) is 4.31. The van der Waals surface area contributed by atoms with Crippen LogP contribution in [0.5, 0.6) is 0 Å².